The van der Waals surface area contributed by atoms with Crippen LogP contribution in [0.3, 0.4) is 0 Å². The summed E-state index contributed by atoms with van der Waals surface area (Å²) in [6.07, 6.45) is 15.9. The van der Waals surface area contributed by atoms with Crippen molar-refractivity contribution in [3.05, 3.63) is 52.6 Å². The van der Waals surface area contributed by atoms with Crippen LogP contribution in [-0.4, -0.2) is 20.3 Å². The average molecular weight is 451 g/mol. The van der Waals surface area contributed by atoms with Crippen LogP contribution < -0.4 is 5.63 Å². The first-order valence-corrected chi connectivity index (χ1v) is 13.1. The van der Waals surface area contributed by atoms with Crippen molar-refractivity contribution in [3.8, 4) is 0 Å². The predicted molar refractivity (Wildman–Crippen MR) is 127 cm³/mol. The predicted octanol–water partition coefficient (Wildman–Crippen LogP) is 5.63. The fourth-order valence-corrected chi connectivity index (χ4v) is 9.33. The highest BCUT2D eigenvalue weighted by atomic mass is 16.4. The van der Waals surface area contributed by atoms with E-state index in [2.05, 4.69) is 36.5 Å². The van der Waals surface area contributed by atoms with E-state index in [1.165, 1.54) is 38.2 Å². The van der Waals surface area contributed by atoms with E-state index in [1.54, 1.807) is 6.26 Å². The molecule has 4 saturated carbocycles. The highest BCUT2D eigenvalue weighted by Gasteiger charge is 2.67. The molecule has 0 amide bonds. The SMILES string of the molecule is Cc1nccn1[C@H]1CC[C@@]2(C)[C@H](CC[C@@H]3[C@@H]2CC[C@]2(C)[C@@H](c4ccc(=O)oc4)CC[C@]32O)C1. The number of fused-ring (bicyclic) bond motifs is 5. The Balaban J connectivity index is 1.28. The second-order valence-electron chi connectivity index (χ2n) is 12.2. The standard InChI is InChI=1S/C28H38N2O3/c1-18-29-14-15-30(18)21-8-11-26(2)20(16-21)5-6-24-23(26)9-12-27(3)22(10-13-28(24,27)32)19-4-7-25(31)33-17-19/h4,7,14-15,17,20-24,32H,5-6,8-13,16H2,1-3H3/t20-,21+,22-,23+,24-,26+,27-,28+/m1/s1. The van der Waals surface area contributed by atoms with Crippen molar-refractivity contribution in [2.75, 3.05) is 0 Å². The molecule has 4 fully saturated rings. The van der Waals surface area contributed by atoms with Crippen LogP contribution in [0.15, 0.2) is 40.0 Å². The van der Waals surface area contributed by atoms with Gasteiger partial charge in [0.05, 0.1) is 11.9 Å². The van der Waals surface area contributed by atoms with Gasteiger partial charge in [-0.3, -0.25) is 0 Å². The highest BCUT2D eigenvalue weighted by Crippen LogP contribution is 2.70. The Labute approximate surface area is 196 Å². The molecule has 6 rings (SSSR count). The number of nitrogens with zero attached hydrogens (tertiary/aromatic N) is 2. The molecule has 178 valence electrons. The van der Waals surface area contributed by atoms with Crippen LogP contribution in [0.2, 0.25) is 0 Å². The van der Waals surface area contributed by atoms with Crippen molar-refractivity contribution in [3.63, 3.8) is 0 Å². The molecule has 8 atom stereocenters. The second kappa shape index (κ2) is 7.31. The van der Waals surface area contributed by atoms with Gasteiger partial charge in [-0.15, -0.1) is 0 Å². The summed E-state index contributed by atoms with van der Waals surface area (Å²) in [6, 6.07) is 4.04. The maximum absolute atomic E-state index is 12.4. The third kappa shape index (κ3) is 2.93. The van der Waals surface area contributed by atoms with Gasteiger partial charge in [0.25, 0.3) is 0 Å². The summed E-state index contributed by atoms with van der Waals surface area (Å²) in [5, 5.41) is 12.4. The Morgan fingerprint density at radius 1 is 1.06 bits per heavy atom. The smallest absolute Gasteiger partial charge is 0.335 e. The fourth-order valence-electron chi connectivity index (χ4n) is 9.33. The normalized spacial score (nSPS) is 44.7. The van der Waals surface area contributed by atoms with Gasteiger partial charge >= 0.3 is 5.63 Å². The summed E-state index contributed by atoms with van der Waals surface area (Å²) in [6.45, 7) is 6.99. The van der Waals surface area contributed by atoms with Crippen molar-refractivity contribution < 1.29 is 9.52 Å². The van der Waals surface area contributed by atoms with Gasteiger partial charge in [-0.2, -0.15) is 0 Å². The van der Waals surface area contributed by atoms with E-state index in [0.717, 1.165) is 43.0 Å². The molecule has 1 N–H and O–H groups in total. The molecule has 0 aliphatic heterocycles. The summed E-state index contributed by atoms with van der Waals surface area (Å²) >= 11 is 0. The van der Waals surface area contributed by atoms with Crippen LogP contribution in [-0.2, 0) is 0 Å². The minimum absolute atomic E-state index is 0.150. The third-order valence-corrected chi connectivity index (χ3v) is 11.2. The fraction of sp³-hybridized carbons (Fsp3) is 0.714. The molecule has 33 heavy (non-hydrogen) atoms. The largest absolute Gasteiger partial charge is 0.431 e. The third-order valence-electron chi connectivity index (χ3n) is 11.2. The monoisotopic (exact) mass is 450 g/mol. The van der Waals surface area contributed by atoms with Crippen molar-refractivity contribution >= 4 is 0 Å². The number of aryl methyl sites for hydroxylation is 1. The summed E-state index contributed by atoms with van der Waals surface area (Å²) in [4.78, 5) is 16.0. The number of hydrogen-bond donors (Lipinski definition) is 1. The molecule has 0 bridgehead atoms. The van der Waals surface area contributed by atoms with Crippen LogP contribution in [0.25, 0.3) is 0 Å². The minimum atomic E-state index is -0.623. The lowest BCUT2D eigenvalue weighted by Crippen LogP contribution is -2.61. The zero-order valence-corrected chi connectivity index (χ0v) is 20.3. The van der Waals surface area contributed by atoms with E-state index in [0.29, 0.717) is 23.3 Å². The Kier molecular flexibility index (Phi) is 4.79. The van der Waals surface area contributed by atoms with Gasteiger partial charge in [0.1, 0.15) is 5.82 Å². The molecular formula is C28H38N2O3. The van der Waals surface area contributed by atoms with Gasteiger partial charge in [0.2, 0.25) is 0 Å². The van der Waals surface area contributed by atoms with E-state index in [1.807, 2.05) is 12.3 Å². The molecule has 4 aliphatic carbocycles. The van der Waals surface area contributed by atoms with E-state index in [-0.39, 0.29) is 17.0 Å². The van der Waals surface area contributed by atoms with E-state index < -0.39 is 5.60 Å². The lowest BCUT2D eigenvalue weighted by molar-refractivity contribution is -0.202. The van der Waals surface area contributed by atoms with Gasteiger partial charge in [0, 0.05) is 29.9 Å². The van der Waals surface area contributed by atoms with Crippen LogP contribution in [0, 0.1) is 35.5 Å². The summed E-state index contributed by atoms with van der Waals surface area (Å²) in [7, 11) is 0. The van der Waals surface area contributed by atoms with Gasteiger partial charge < -0.3 is 14.1 Å². The molecule has 0 spiro atoms. The Morgan fingerprint density at radius 3 is 2.64 bits per heavy atom. The lowest BCUT2D eigenvalue weighted by Gasteiger charge is -2.64. The zero-order chi connectivity index (χ0) is 23.0. The van der Waals surface area contributed by atoms with Crippen molar-refractivity contribution in [1.29, 1.82) is 0 Å². The van der Waals surface area contributed by atoms with Crippen molar-refractivity contribution in [2.45, 2.75) is 96.1 Å². The number of imidazole rings is 1. The molecule has 2 aromatic rings. The topological polar surface area (TPSA) is 68.3 Å². The van der Waals surface area contributed by atoms with Crippen LogP contribution in [0.5, 0.6) is 0 Å². The minimum Gasteiger partial charge on any atom is -0.431 e. The molecule has 4 aliphatic rings. The first-order valence-electron chi connectivity index (χ1n) is 13.1. The second-order valence-corrected chi connectivity index (χ2v) is 12.2. The highest BCUT2D eigenvalue weighted by molar-refractivity contribution is 5.27. The molecule has 0 radical (unpaired) electrons. The Bertz CT molecular complexity index is 1090. The number of rotatable bonds is 2. The van der Waals surface area contributed by atoms with Gasteiger partial charge in [-0.1, -0.05) is 13.8 Å². The number of aromatic nitrogens is 2. The lowest BCUT2D eigenvalue weighted by atomic mass is 9.43. The van der Waals surface area contributed by atoms with Crippen LogP contribution >= 0.6 is 0 Å². The van der Waals surface area contributed by atoms with Crippen molar-refractivity contribution in [1.82, 2.24) is 9.55 Å². The molecular weight excluding hydrogens is 412 g/mol. The molecule has 2 heterocycles. The van der Waals surface area contributed by atoms with E-state index in [4.69, 9.17) is 4.42 Å². The summed E-state index contributed by atoms with van der Waals surface area (Å²) < 4.78 is 7.63. The number of aliphatic hydroxyl groups is 1. The molecule has 5 nitrogen and oxygen atoms in total. The van der Waals surface area contributed by atoms with Gasteiger partial charge in [0.15, 0.2) is 0 Å². The number of hydrogen-bond acceptors (Lipinski definition) is 4. The summed E-state index contributed by atoms with van der Waals surface area (Å²) in [5.41, 5.74) is 0.337. The first-order chi connectivity index (χ1) is 15.8. The van der Waals surface area contributed by atoms with Gasteiger partial charge in [-0.05, 0) is 105 Å². The van der Waals surface area contributed by atoms with Gasteiger partial charge in [-0.25, -0.2) is 9.78 Å². The van der Waals surface area contributed by atoms with Crippen LogP contribution in [0.1, 0.15) is 95.0 Å². The molecule has 5 heteroatoms. The first kappa shape index (κ1) is 21.6. The summed E-state index contributed by atoms with van der Waals surface area (Å²) in [5.74, 6) is 3.11. The molecule has 0 saturated heterocycles. The van der Waals surface area contributed by atoms with E-state index >= 15 is 0 Å². The Hall–Kier alpha value is -1.88. The molecule has 2 aromatic heterocycles. The average Bonchev–Trinajstić information content (AvgIpc) is 3.34. The molecule has 0 unspecified atom stereocenters. The van der Waals surface area contributed by atoms with Crippen molar-refractivity contribution in [2.24, 2.45) is 28.6 Å². The molecule has 0 aromatic carbocycles. The van der Waals surface area contributed by atoms with E-state index in [9.17, 15) is 9.90 Å². The maximum Gasteiger partial charge on any atom is 0.335 e. The Morgan fingerprint density at radius 2 is 1.91 bits per heavy atom. The maximum atomic E-state index is 12.4. The van der Waals surface area contributed by atoms with Crippen LogP contribution in [0.4, 0.5) is 0 Å². The quantitative estimate of drug-likeness (QED) is 0.644. The zero-order valence-electron chi connectivity index (χ0n) is 20.3.